The third-order valence-corrected chi connectivity index (χ3v) is 6.85. The quantitative estimate of drug-likeness (QED) is 0.0829. The van der Waals surface area contributed by atoms with Crippen molar-refractivity contribution < 1.29 is 57.6 Å². The number of carboxylic acid groups (broad SMARTS) is 1. The van der Waals surface area contributed by atoms with E-state index in [1.807, 2.05) is 6.07 Å². The largest absolute Gasteiger partial charge is 0.480 e. The first kappa shape index (κ1) is 41.8. The van der Waals surface area contributed by atoms with Crippen LogP contribution in [0.1, 0.15) is 45.6 Å². The normalized spacial score (nSPS) is 13.9. The molecule has 50 heavy (non-hydrogen) atoms. The molecule has 2 atom stereocenters. The first-order valence-electron chi connectivity index (χ1n) is 16.5. The van der Waals surface area contributed by atoms with Gasteiger partial charge in [0.1, 0.15) is 24.3 Å². The van der Waals surface area contributed by atoms with Crippen molar-refractivity contribution in [2.45, 2.75) is 64.1 Å². The fourth-order valence-electron chi connectivity index (χ4n) is 4.43. The number of imide groups is 1. The Kier molecular flexibility index (Phi) is 19.3. The van der Waals surface area contributed by atoms with Gasteiger partial charge in [0.05, 0.1) is 52.8 Å². The van der Waals surface area contributed by atoms with Crippen molar-refractivity contribution in [3.63, 3.8) is 0 Å². The molecule has 5 amide bonds. The molecule has 278 valence electrons. The number of hydrogen-bond donors (Lipinski definition) is 4. The van der Waals surface area contributed by atoms with E-state index in [2.05, 4.69) is 16.0 Å². The second-order valence-corrected chi connectivity index (χ2v) is 12.2. The van der Waals surface area contributed by atoms with Gasteiger partial charge < -0.3 is 44.7 Å². The summed E-state index contributed by atoms with van der Waals surface area (Å²) in [6, 6.07) is 6.75. The molecular weight excluding hydrogens is 656 g/mol. The molecule has 0 spiro atoms. The van der Waals surface area contributed by atoms with Gasteiger partial charge in [-0.15, -0.1) is 0 Å². The monoisotopic (exact) mass is 706 g/mol. The molecule has 0 unspecified atom stereocenters. The maximum atomic E-state index is 13.2. The van der Waals surface area contributed by atoms with E-state index in [9.17, 15) is 33.9 Å². The van der Waals surface area contributed by atoms with Crippen molar-refractivity contribution in [1.82, 2.24) is 20.9 Å². The minimum atomic E-state index is -1.21. The first-order chi connectivity index (χ1) is 23.9. The van der Waals surface area contributed by atoms with Gasteiger partial charge in [-0.05, 0) is 45.6 Å². The Balaban J connectivity index is 1.65. The van der Waals surface area contributed by atoms with Crippen LogP contribution >= 0.6 is 0 Å². The summed E-state index contributed by atoms with van der Waals surface area (Å²) >= 11 is 0. The van der Waals surface area contributed by atoms with E-state index in [0.29, 0.717) is 26.1 Å². The van der Waals surface area contributed by atoms with E-state index in [1.54, 1.807) is 45.0 Å². The zero-order chi connectivity index (χ0) is 36.8. The summed E-state index contributed by atoms with van der Waals surface area (Å²) in [4.78, 5) is 73.6. The summed E-state index contributed by atoms with van der Waals surface area (Å²) < 4.78 is 26.7. The SMILES string of the molecule is CC(C)(C)OC(=O)NCCCC[C@H](NC(=O)[C@H](Cc1ccccc1)NC(=O)COCCOCCOCCOCCN1C(=O)C=CC1=O)C(=O)O. The van der Waals surface area contributed by atoms with Crippen LogP contribution in [0.3, 0.4) is 0 Å². The third kappa shape index (κ3) is 18.4. The van der Waals surface area contributed by atoms with Crippen molar-refractivity contribution in [2.24, 2.45) is 0 Å². The number of benzene rings is 1. The number of unbranched alkanes of at least 4 members (excludes halogenated alkanes) is 1. The Labute approximate surface area is 292 Å². The molecule has 16 heteroatoms. The van der Waals surface area contributed by atoms with Crippen LogP contribution in [0.25, 0.3) is 0 Å². The number of carbonyl (C=O) groups is 6. The fraction of sp³-hybridized carbons (Fsp3) is 0.588. The molecule has 1 aromatic carbocycles. The van der Waals surface area contributed by atoms with Crippen molar-refractivity contribution in [2.75, 3.05) is 65.9 Å². The van der Waals surface area contributed by atoms with Gasteiger partial charge in [0.15, 0.2) is 0 Å². The summed E-state index contributed by atoms with van der Waals surface area (Å²) in [5, 5.41) is 17.5. The lowest BCUT2D eigenvalue weighted by atomic mass is 10.0. The number of nitrogens with zero attached hydrogens (tertiary/aromatic N) is 1. The number of amides is 5. The van der Waals surface area contributed by atoms with Gasteiger partial charge >= 0.3 is 12.1 Å². The summed E-state index contributed by atoms with van der Waals surface area (Å²) in [5.74, 6) is -3.12. The topological polar surface area (TPSA) is 208 Å². The predicted molar refractivity (Wildman–Crippen MR) is 179 cm³/mol. The Morgan fingerprint density at radius 2 is 1.36 bits per heavy atom. The number of rotatable bonds is 25. The van der Waals surface area contributed by atoms with Crippen LogP contribution in [0.5, 0.6) is 0 Å². The van der Waals surface area contributed by atoms with E-state index in [0.717, 1.165) is 10.5 Å². The van der Waals surface area contributed by atoms with Gasteiger partial charge in [-0.2, -0.15) is 0 Å². The molecule has 1 heterocycles. The number of carbonyl (C=O) groups excluding carboxylic acids is 5. The number of alkyl carbamates (subject to hydrolysis) is 1. The third-order valence-electron chi connectivity index (χ3n) is 6.85. The highest BCUT2D eigenvalue weighted by atomic mass is 16.6. The molecule has 0 bridgehead atoms. The molecule has 0 saturated carbocycles. The van der Waals surface area contributed by atoms with Crippen LogP contribution in [0, 0.1) is 0 Å². The zero-order valence-corrected chi connectivity index (χ0v) is 29.0. The average Bonchev–Trinajstić information content (AvgIpc) is 3.37. The molecule has 16 nitrogen and oxygen atoms in total. The molecule has 0 radical (unpaired) electrons. The maximum absolute atomic E-state index is 13.2. The molecule has 4 N–H and O–H groups in total. The maximum Gasteiger partial charge on any atom is 0.407 e. The van der Waals surface area contributed by atoms with Crippen LogP contribution in [0.2, 0.25) is 0 Å². The molecule has 1 aliphatic rings. The molecule has 0 aromatic heterocycles. The number of carboxylic acids is 1. The van der Waals surface area contributed by atoms with Crippen LogP contribution in [-0.4, -0.2) is 129 Å². The number of ether oxygens (including phenoxy) is 5. The number of aliphatic carboxylic acids is 1. The highest BCUT2D eigenvalue weighted by molar-refractivity contribution is 6.12. The van der Waals surface area contributed by atoms with Crippen LogP contribution < -0.4 is 16.0 Å². The van der Waals surface area contributed by atoms with Gasteiger partial charge in [0.2, 0.25) is 11.8 Å². The first-order valence-corrected chi connectivity index (χ1v) is 16.5. The number of hydrogen-bond acceptors (Lipinski definition) is 11. The highest BCUT2D eigenvalue weighted by Gasteiger charge is 2.27. The van der Waals surface area contributed by atoms with Gasteiger partial charge in [-0.25, -0.2) is 9.59 Å². The van der Waals surface area contributed by atoms with E-state index in [4.69, 9.17) is 23.7 Å². The minimum absolute atomic E-state index is 0.110. The second kappa shape index (κ2) is 23.1. The molecule has 1 aromatic rings. The lowest BCUT2D eigenvalue weighted by Gasteiger charge is -2.22. The highest BCUT2D eigenvalue weighted by Crippen LogP contribution is 2.08. The summed E-state index contributed by atoms with van der Waals surface area (Å²) in [7, 11) is 0. The minimum Gasteiger partial charge on any atom is -0.480 e. The Bertz CT molecular complexity index is 1250. The molecule has 1 aliphatic heterocycles. The smallest absolute Gasteiger partial charge is 0.407 e. The van der Waals surface area contributed by atoms with E-state index >= 15 is 0 Å². The molecule has 2 rings (SSSR count). The van der Waals surface area contributed by atoms with Gasteiger partial charge in [0, 0.05) is 25.1 Å². The predicted octanol–water partition coefficient (Wildman–Crippen LogP) is 0.970. The van der Waals surface area contributed by atoms with Crippen LogP contribution in [0.4, 0.5) is 4.79 Å². The zero-order valence-electron chi connectivity index (χ0n) is 29.0. The van der Waals surface area contributed by atoms with E-state index in [-0.39, 0.29) is 77.4 Å². The lowest BCUT2D eigenvalue weighted by molar-refractivity contribution is -0.142. The second-order valence-electron chi connectivity index (χ2n) is 12.2. The Morgan fingerprint density at radius 1 is 0.780 bits per heavy atom. The Morgan fingerprint density at radius 3 is 1.94 bits per heavy atom. The molecule has 0 fully saturated rings. The molecule has 0 aliphatic carbocycles. The standard InChI is InChI=1S/C34H50N4O12/c1-34(2,3)50-33(45)35-14-8-7-11-26(32(43)44)37-31(42)27(23-25-9-5-4-6-10-25)36-28(39)24-49-22-21-48-20-19-47-18-17-46-16-15-38-29(40)12-13-30(38)41/h4-6,9-10,12-13,26-27H,7-8,11,14-24H2,1-3H3,(H,35,45)(H,36,39)(H,37,42)(H,43,44)/t26-,27-/m0/s1. The molecular formula is C34H50N4O12. The van der Waals surface area contributed by atoms with Crippen molar-refractivity contribution in [3.8, 4) is 0 Å². The van der Waals surface area contributed by atoms with Crippen LogP contribution in [0.15, 0.2) is 42.5 Å². The average molecular weight is 707 g/mol. The van der Waals surface area contributed by atoms with Gasteiger partial charge in [-0.3, -0.25) is 24.1 Å². The van der Waals surface area contributed by atoms with Crippen molar-refractivity contribution in [3.05, 3.63) is 48.0 Å². The van der Waals surface area contributed by atoms with Crippen molar-refractivity contribution in [1.29, 1.82) is 0 Å². The van der Waals surface area contributed by atoms with E-state index < -0.39 is 41.6 Å². The Hall–Kier alpha value is -4.38. The summed E-state index contributed by atoms with van der Waals surface area (Å²) in [6.07, 6.45) is 3.01. The van der Waals surface area contributed by atoms with Gasteiger partial charge in [0.25, 0.3) is 11.8 Å². The summed E-state index contributed by atoms with van der Waals surface area (Å²) in [5.41, 5.74) is 0.135. The summed E-state index contributed by atoms with van der Waals surface area (Å²) in [6.45, 7) is 7.06. The lowest BCUT2D eigenvalue weighted by Crippen LogP contribution is -2.53. The fourth-order valence-corrected chi connectivity index (χ4v) is 4.43. The van der Waals surface area contributed by atoms with E-state index in [1.165, 1.54) is 12.2 Å². The molecule has 0 saturated heterocycles. The van der Waals surface area contributed by atoms with Crippen molar-refractivity contribution >= 4 is 35.7 Å². The van der Waals surface area contributed by atoms with Gasteiger partial charge in [-0.1, -0.05) is 30.3 Å². The number of nitrogens with one attached hydrogen (secondary N) is 3. The van der Waals surface area contributed by atoms with Crippen LogP contribution in [-0.2, 0) is 54.1 Å².